The van der Waals surface area contributed by atoms with Crippen LogP contribution in [0.3, 0.4) is 0 Å². The summed E-state index contributed by atoms with van der Waals surface area (Å²) in [5.41, 5.74) is 0.547. The average molecular weight is 295 g/mol. The third kappa shape index (κ3) is 6.60. The van der Waals surface area contributed by atoms with E-state index < -0.39 is 11.5 Å². The van der Waals surface area contributed by atoms with E-state index in [1.807, 2.05) is 45.0 Å². The third-order valence-corrected chi connectivity index (χ3v) is 2.92. The molecule has 0 fully saturated rings. The number of nitrogens with one attached hydrogen (secondary N) is 1. The normalized spacial score (nSPS) is 12.8. The van der Waals surface area contributed by atoms with Gasteiger partial charge < -0.3 is 19.9 Å². The van der Waals surface area contributed by atoms with Gasteiger partial charge in [-0.25, -0.2) is 0 Å². The predicted molar refractivity (Wildman–Crippen MR) is 81.1 cm³/mol. The Morgan fingerprint density at radius 1 is 1.29 bits per heavy atom. The van der Waals surface area contributed by atoms with Crippen molar-refractivity contribution in [1.29, 1.82) is 0 Å². The molecule has 5 nitrogen and oxygen atoms in total. The lowest BCUT2D eigenvalue weighted by Gasteiger charge is -2.19. The molecule has 1 unspecified atom stereocenters. The molecule has 0 bridgehead atoms. The largest absolute Gasteiger partial charge is 0.497 e. The highest BCUT2D eigenvalue weighted by Gasteiger charge is 2.21. The van der Waals surface area contributed by atoms with E-state index in [-0.39, 0.29) is 19.1 Å². The van der Waals surface area contributed by atoms with Gasteiger partial charge in [0.25, 0.3) is 0 Å². The highest BCUT2D eigenvalue weighted by Crippen LogP contribution is 2.13. The van der Waals surface area contributed by atoms with Gasteiger partial charge in [0.2, 0.25) is 5.91 Å². The Hall–Kier alpha value is -1.59. The molecule has 0 spiro atoms. The number of benzene rings is 1. The van der Waals surface area contributed by atoms with Crippen LogP contribution in [0.1, 0.15) is 26.3 Å². The molecule has 0 aliphatic carbocycles. The molecular formula is C16H25NO4. The Bertz CT molecular complexity index is 437. The van der Waals surface area contributed by atoms with E-state index in [1.54, 1.807) is 7.11 Å². The maximum absolute atomic E-state index is 11.6. The Morgan fingerprint density at radius 2 is 1.90 bits per heavy atom. The highest BCUT2D eigenvalue weighted by atomic mass is 16.5. The number of aliphatic hydroxyl groups is 1. The topological polar surface area (TPSA) is 67.8 Å². The number of hydrogen-bond donors (Lipinski definition) is 2. The lowest BCUT2D eigenvalue weighted by Crippen LogP contribution is -2.40. The minimum atomic E-state index is -0.713. The van der Waals surface area contributed by atoms with E-state index in [0.29, 0.717) is 6.61 Å². The van der Waals surface area contributed by atoms with Crippen LogP contribution in [0.5, 0.6) is 5.75 Å². The number of ether oxygens (including phenoxy) is 2. The summed E-state index contributed by atoms with van der Waals surface area (Å²) < 4.78 is 10.5. The number of rotatable bonds is 7. The van der Waals surface area contributed by atoms with Gasteiger partial charge in [-0.1, -0.05) is 32.9 Å². The van der Waals surface area contributed by atoms with E-state index in [0.717, 1.165) is 11.3 Å². The molecule has 0 saturated heterocycles. The smallest absolute Gasteiger partial charge is 0.225 e. The molecule has 1 aromatic carbocycles. The molecule has 0 aliphatic heterocycles. The van der Waals surface area contributed by atoms with Crippen molar-refractivity contribution in [3.63, 3.8) is 0 Å². The lowest BCUT2D eigenvalue weighted by molar-refractivity contribution is -0.129. The van der Waals surface area contributed by atoms with E-state index in [9.17, 15) is 9.90 Å². The minimum absolute atomic E-state index is 0.0864. The van der Waals surface area contributed by atoms with Crippen LogP contribution in [-0.2, 0) is 16.1 Å². The third-order valence-electron chi connectivity index (χ3n) is 2.92. The second-order valence-corrected chi connectivity index (χ2v) is 5.98. The fourth-order valence-electron chi connectivity index (χ4n) is 1.57. The molecule has 0 aromatic heterocycles. The highest BCUT2D eigenvalue weighted by molar-refractivity contribution is 5.81. The number of aliphatic hydroxyl groups excluding tert-OH is 1. The van der Waals surface area contributed by atoms with Crippen molar-refractivity contribution in [2.45, 2.75) is 33.5 Å². The molecule has 2 N–H and O–H groups in total. The summed E-state index contributed by atoms with van der Waals surface area (Å²) in [6.07, 6.45) is -0.713. The number of amides is 1. The van der Waals surface area contributed by atoms with Gasteiger partial charge in [0, 0.05) is 12.0 Å². The van der Waals surface area contributed by atoms with Crippen LogP contribution in [0.15, 0.2) is 24.3 Å². The van der Waals surface area contributed by atoms with Crippen LogP contribution >= 0.6 is 0 Å². The average Bonchev–Trinajstić information content (AvgIpc) is 2.44. The van der Waals surface area contributed by atoms with Crippen molar-refractivity contribution in [2.75, 3.05) is 20.3 Å². The summed E-state index contributed by atoms with van der Waals surface area (Å²) >= 11 is 0. The molecule has 0 saturated carbocycles. The maximum atomic E-state index is 11.6. The summed E-state index contributed by atoms with van der Waals surface area (Å²) in [6, 6.07) is 7.54. The molecule has 1 atom stereocenters. The fourth-order valence-corrected chi connectivity index (χ4v) is 1.57. The number of carbonyl (C=O) groups is 1. The maximum Gasteiger partial charge on any atom is 0.225 e. The molecule has 0 aliphatic rings. The molecule has 118 valence electrons. The predicted octanol–water partition coefficient (Wildman–Crippen LogP) is 1.73. The molecule has 5 heteroatoms. The first-order valence-corrected chi connectivity index (χ1v) is 7.00. The van der Waals surface area contributed by atoms with Crippen LogP contribution in [0.2, 0.25) is 0 Å². The van der Waals surface area contributed by atoms with Crippen LogP contribution in [0.25, 0.3) is 0 Å². The van der Waals surface area contributed by atoms with Gasteiger partial charge in [0.05, 0.1) is 26.4 Å². The van der Waals surface area contributed by atoms with Crippen molar-refractivity contribution >= 4 is 5.91 Å². The standard InChI is InChI=1S/C16H25NO4/c1-16(2,3)15(19)17-9-13(18)11-21-10-12-5-7-14(20-4)8-6-12/h5-8,13,18H,9-11H2,1-4H3,(H,17,19). The first-order chi connectivity index (χ1) is 9.82. The van der Waals surface area contributed by atoms with Gasteiger partial charge in [-0.3, -0.25) is 4.79 Å². The van der Waals surface area contributed by atoms with Gasteiger partial charge in [0.15, 0.2) is 0 Å². The molecule has 1 amide bonds. The van der Waals surface area contributed by atoms with E-state index in [2.05, 4.69) is 5.32 Å². The second-order valence-electron chi connectivity index (χ2n) is 5.98. The molecule has 21 heavy (non-hydrogen) atoms. The zero-order valence-electron chi connectivity index (χ0n) is 13.2. The van der Waals surface area contributed by atoms with Crippen molar-refractivity contribution in [3.05, 3.63) is 29.8 Å². The summed E-state index contributed by atoms with van der Waals surface area (Å²) in [5.74, 6) is 0.709. The first-order valence-electron chi connectivity index (χ1n) is 7.00. The van der Waals surface area contributed by atoms with Crippen LogP contribution in [-0.4, -0.2) is 37.4 Å². The molecule has 0 radical (unpaired) electrons. The second kappa shape index (κ2) is 8.00. The first kappa shape index (κ1) is 17.5. The summed E-state index contributed by atoms with van der Waals surface area (Å²) in [5, 5.41) is 12.5. The summed E-state index contributed by atoms with van der Waals surface area (Å²) in [6.45, 7) is 6.27. The lowest BCUT2D eigenvalue weighted by atomic mass is 9.96. The Morgan fingerprint density at radius 3 is 2.43 bits per heavy atom. The van der Waals surface area contributed by atoms with Crippen LogP contribution in [0.4, 0.5) is 0 Å². The van der Waals surface area contributed by atoms with Crippen molar-refractivity contribution in [1.82, 2.24) is 5.32 Å². The zero-order valence-corrected chi connectivity index (χ0v) is 13.2. The summed E-state index contributed by atoms with van der Waals surface area (Å²) in [4.78, 5) is 11.6. The molecular weight excluding hydrogens is 270 g/mol. The fraction of sp³-hybridized carbons (Fsp3) is 0.562. The van der Waals surface area contributed by atoms with Crippen LogP contribution in [0, 0.1) is 5.41 Å². The zero-order chi connectivity index (χ0) is 15.9. The van der Waals surface area contributed by atoms with E-state index in [1.165, 1.54) is 0 Å². The minimum Gasteiger partial charge on any atom is -0.497 e. The molecule has 0 heterocycles. The van der Waals surface area contributed by atoms with Gasteiger partial charge in [-0.15, -0.1) is 0 Å². The Balaban J connectivity index is 2.24. The van der Waals surface area contributed by atoms with Gasteiger partial charge in [-0.05, 0) is 17.7 Å². The van der Waals surface area contributed by atoms with Crippen molar-refractivity contribution < 1.29 is 19.4 Å². The van der Waals surface area contributed by atoms with E-state index in [4.69, 9.17) is 9.47 Å². The number of hydrogen-bond acceptors (Lipinski definition) is 4. The van der Waals surface area contributed by atoms with Crippen LogP contribution < -0.4 is 10.1 Å². The Kier molecular flexibility index (Phi) is 6.65. The van der Waals surface area contributed by atoms with Gasteiger partial charge in [0.1, 0.15) is 5.75 Å². The quantitative estimate of drug-likeness (QED) is 0.804. The molecule has 1 rings (SSSR count). The van der Waals surface area contributed by atoms with Crippen molar-refractivity contribution in [3.8, 4) is 5.75 Å². The van der Waals surface area contributed by atoms with Gasteiger partial charge in [-0.2, -0.15) is 0 Å². The molecule has 1 aromatic rings. The summed E-state index contributed by atoms with van der Waals surface area (Å²) in [7, 11) is 1.62. The number of carbonyl (C=O) groups excluding carboxylic acids is 1. The van der Waals surface area contributed by atoms with Crippen molar-refractivity contribution in [2.24, 2.45) is 5.41 Å². The van der Waals surface area contributed by atoms with E-state index >= 15 is 0 Å². The number of methoxy groups -OCH3 is 1. The van der Waals surface area contributed by atoms with Gasteiger partial charge >= 0.3 is 0 Å². The monoisotopic (exact) mass is 295 g/mol. The SMILES string of the molecule is COc1ccc(COCC(O)CNC(=O)C(C)(C)C)cc1. The Labute approximate surface area is 126 Å².